The van der Waals surface area contributed by atoms with E-state index in [1.165, 1.54) is 37.5 Å². The molecule has 0 atom stereocenters. The van der Waals surface area contributed by atoms with Crippen LogP contribution >= 0.6 is 9.39 Å². The SMILES string of the molecule is C=C(Nc1cncc(-c2cc3c(-c4nc5c(-c6cc(F)cc(CNS(=C)(=C)C)c6)nccc5[nH]4)n[nH]c3cc2F)c1)C1CCCCC1. The Kier molecular flexibility index (Phi) is 8.11. The van der Waals surface area contributed by atoms with Gasteiger partial charge in [-0.2, -0.15) is 14.5 Å². The van der Waals surface area contributed by atoms with E-state index in [2.05, 4.69) is 53.5 Å². The van der Waals surface area contributed by atoms with Crippen LogP contribution in [0.1, 0.15) is 37.7 Å². The third-order valence-electron chi connectivity index (χ3n) is 8.58. The Hall–Kier alpha value is -4.87. The van der Waals surface area contributed by atoms with Crippen molar-refractivity contribution in [2.45, 2.75) is 38.6 Å². The van der Waals surface area contributed by atoms with E-state index < -0.39 is 15.2 Å². The summed E-state index contributed by atoms with van der Waals surface area (Å²) in [6.07, 6.45) is 12.9. The van der Waals surface area contributed by atoms with E-state index in [1.807, 2.05) is 24.5 Å². The topological polar surface area (TPSA) is 107 Å². The van der Waals surface area contributed by atoms with Gasteiger partial charge < -0.3 is 10.3 Å². The molecule has 0 bridgehead atoms. The van der Waals surface area contributed by atoms with E-state index in [0.717, 1.165) is 29.8 Å². The lowest BCUT2D eigenvalue weighted by molar-refractivity contribution is 0.405. The van der Waals surface area contributed by atoms with Crippen molar-refractivity contribution in [3.8, 4) is 33.9 Å². The van der Waals surface area contributed by atoms with Gasteiger partial charge in [0, 0.05) is 52.8 Å². The van der Waals surface area contributed by atoms with E-state index in [-0.39, 0.29) is 5.82 Å². The molecule has 0 radical (unpaired) electrons. The minimum absolute atomic E-state index is 0.376. The van der Waals surface area contributed by atoms with Gasteiger partial charge in [0.25, 0.3) is 0 Å². The van der Waals surface area contributed by atoms with Crippen LogP contribution in [0.3, 0.4) is 0 Å². The molecule has 11 heteroatoms. The van der Waals surface area contributed by atoms with Gasteiger partial charge in [-0.1, -0.05) is 37.6 Å². The van der Waals surface area contributed by atoms with Crippen LogP contribution < -0.4 is 10.0 Å². The second kappa shape index (κ2) is 12.4. The van der Waals surface area contributed by atoms with E-state index >= 15 is 4.39 Å². The molecule has 1 saturated carbocycles. The summed E-state index contributed by atoms with van der Waals surface area (Å²) in [4.78, 5) is 17.2. The molecular weight excluding hydrogens is 615 g/mol. The number of allylic oxidation sites excluding steroid dienone is 1. The molecule has 47 heavy (non-hydrogen) atoms. The average molecular weight is 651 g/mol. The molecular formula is C36H36F2N8S. The molecule has 7 rings (SSSR count). The number of rotatable bonds is 9. The third kappa shape index (κ3) is 6.54. The van der Waals surface area contributed by atoms with Crippen LogP contribution in [0.4, 0.5) is 14.5 Å². The quantitative estimate of drug-likeness (QED) is 0.117. The smallest absolute Gasteiger partial charge is 0.159 e. The molecule has 2 aromatic carbocycles. The van der Waals surface area contributed by atoms with Crippen LogP contribution in [0, 0.1) is 17.6 Å². The molecule has 1 aliphatic carbocycles. The fraction of sp³-hybridized carbons (Fsp3) is 0.222. The van der Waals surface area contributed by atoms with Gasteiger partial charge in [0.05, 0.1) is 28.6 Å². The largest absolute Gasteiger partial charge is 0.358 e. The van der Waals surface area contributed by atoms with Crippen LogP contribution in [0.15, 0.2) is 73.3 Å². The number of pyridine rings is 2. The summed E-state index contributed by atoms with van der Waals surface area (Å²) in [6.45, 7) is 4.70. The van der Waals surface area contributed by atoms with Crippen molar-refractivity contribution in [2.24, 2.45) is 5.92 Å². The number of aromatic amines is 2. The molecule has 8 nitrogen and oxygen atoms in total. The number of anilines is 1. The number of fused-ring (bicyclic) bond motifs is 2. The lowest BCUT2D eigenvalue weighted by atomic mass is 9.87. The maximum atomic E-state index is 15.5. The van der Waals surface area contributed by atoms with Gasteiger partial charge >= 0.3 is 0 Å². The van der Waals surface area contributed by atoms with Crippen molar-refractivity contribution >= 4 is 48.8 Å². The molecule has 1 fully saturated rings. The molecule has 4 heterocycles. The van der Waals surface area contributed by atoms with Crippen molar-refractivity contribution in [1.29, 1.82) is 0 Å². The number of hydrogen-bond acceptors (Lipinski definition) is 6. The summed E-state index contributed by atoms with van der Waals surface area (Å²) < 4.78 is 33.5. The zero-order valence-electron chi connectivity index (χ0n) is 26.2. The second-order valence-corrected chi connectivity index (χ2v) is 15.3. The van der Waals surface area contributed by atoms with Crippen molar-refractivity contribution < 1.29 is 8.78 Å². The van der Waals surface area contributed by atoms with Gasteiger partial charge in [-0.25, -0.2) is 13.8 Å². The van der Waals surface area contributed by atoms with E-state index in [4.69, 9.17) is 4.98 Å². The number of halogens is 2. The van der Waals surface area contributed by atoms with Crippen LogP contribution in [0.5, 0.6) is 0 Å². The van der Waals surface area contributed by atoms with Gasteiger partial charge in [0.15, 0.2) is 5.82 Å². The lowest BCUT2D eigenvalue weighted by Gasteiger charge is -2.24. The number of nitrogens with zero attached hydrogens (tertiary/aromatic N) is 4. The van der Waals surface area contributed by atoms with Crippen LogP contribution in [0.2, 0.25) is 0 Å². The number of hydrogen-bond donors (Lipinski definition) is 4. The maximum absolute atomic E-state index is 15.5. The fourth-order valence-corrected chi connectivity index (χ4v) is 6.75. The summed E-state index contributed by atoms with van der Waals surface area (Å²) in [7, 11) is -1.47. The number of benzene rings is 2. The molecule has 4 aromatic heterocycles. The Morgan fingerprint density at radius 3 is 2.62 bits per heavy atom. The monoisotopic (exact) mass is 650 g/mol. The van der Waals surface area contributed by atoms with Crippen molar-refractivity contribution in [3.63, 3.8) is 0 Å². The Morgan fingerprint density at radius 2 is 1.81 bits per heavy atom. The van der Waals surface area contributed by atoms with Crippen LogP contribution in [0.25, 0.3) is 55.8 Å². The first-order chi connectivity index (χ1) is 22.6. The molecule has 1 aliphatic rings. The number of imidazole rings is 1. The molecule has 0 spiro atoms. The molecule has 0 aliphatic heterocycles. The number of aromatic nitrogens is 6. The summed E-state index contributed by atoms with van der Waals surface area (Å²) in [5.41, 5.74) is 6.97. The van der Waals surface area contributed by atoms with Gasteiger partial charge in [-0.05, 0) is 67.0 Å². The normalized spacial score (nSPS) is 14.2. The average Bonchev–Trinajstić information content (AvgIpc) is 3.67. The minimum Gasteiger partial charge on any atom is -0.358 e. The third-order valence-corrected chi connectivity index (χ3v) is 9.42. The van der Waals surface area contributed by atoms with Crippen LogP contribution in [-0.4, -0.2) is 48.1 Å². The lowest BCUT2D eigenvalue weighted by Crippen LogP contribution is -2.14. The minimum atomic E-state index is -1.47. The highest BCUT2D eigenvalue weighted by Crippen LogP contribution is 2.35. The van der Waals surface area contributed by atoms with Gasteiger partial charge in [-0.3, -0.25) is 19.8 Å². The molecule has 4 N–H and O–H groups in total. The standard InChI is InChI=1S/C36H36F2N8S/c1-21(23-8-6-5-7-9-23)42-27-15-25(19-39-20-27)28-16-29-32(17-30(28)38)45-46-34(29)36-43-31-10-11-40-33(35(31)44-36)24-12-22(13-26(37)14-24)18-41-47(2,3)4/h10-17,19-20,23,41-42H,1-3,5-9,18H2,4H3,(H,43,44)(H,45,46). The highest BCUT2D eigenvalue weighted by molar-refractivity contribution is 8.25. The molecule has 0 saturated heterocycles. The molecule has 0 amide bonds. The molecule has 240 valence electrons. The first kappa shape index (κ1) is 30.8. The first-order valence-electron chi connectivity index (χ1n) is 15.5. The maximum Gasteiger partial charge on any atom is 0.159 e. The Balaban J connectivity index is 1.23. The molecule has 0 unspecified atom stereocenters. The zero-order chi connectivity index (χ0) is 32.7. The van der Waals surface area contributed by atoms with E-state index in [0.29, 0.717) is 68.3 Å². The summed E-state index contributed by atoms with van der Waals surface area (Å²) in [5, 5.41) is 11.5. The Labute approximate surface area is 272 Å². The second-order valence-electron chi connectivity index (χ2n) is 12.5. The predicted molar refractivity (Wildman–Crippen MR) is 191 cm³/mol. The molecule has 6 aromatic rings. The predicted octanol–water partition coefficient (Wildman–Crippen LogP) is 8.32. The summed E-state index contributed by atoms with van der Waals surface area (Å²) >= 11 is 0. The van der Waals surface area contributed by atoms with Crippen molar-refractivity contribution in [2.75, 3.05) is 11.6 Å². The highest BCUT2D eigenvalue weighted by Gasteiger charge is 2.20. The van der Waals surface area contributed by atoms with E-state index in [1.54, 1.807) is 24.7 Å². The van der Waals surface area contributed by atoms with Gasteiger partial charge in [0.1, 0.15) is 22.8 Å². The highest BCUT2D eigenvalue weighted by atomic mass is 32.2. The first-order valence-corrected chi connectivity index (χ1v) is 17.9. The van der Waals surface area contributed by atoms with Crippen LogP contribution in [-0.2, 0) is 6.54 Å². The number of nitrogens with one attached hydrogen (secondary N) is 4. The Bertz CT molecular complexity index is 2250. The summed E-state index contributed by atoms with van der Waals surface area (Å²) in [5.74, 6) is 8.20. The van der Waals surface area contributed by atoms with Crippen molar-refractivity contribution in [3.05, 3.63) is 90.5 Å². The van der Waals surface area contributed by atoms with Gasteiger partial charge in [-0.15, -0.1) is 0 Å². The van der Waals surface area contributed by atoms with E-state index in [9.17, 15) is 4.39 Å². The van der Waals surface area contributed by atoms with Crippen molar-refractivity contribution in [1.82, 2.24) is 34.9 Å². The Morgan fingerprint density at radius 1 is 0.979 bits per heavy atom. The van der Waals surface area contributed by atoms with Gasteiger partial charge in [0.2, 0.25) is 0 Å². The summed E-state index contributed by atoms with van der Waals surface area (Å²) in [6, 6.07) is 11.7. The zero-order valence-corrected chi connectivity index (χ0v) is 27.0. The number of H-pyrrole nitrogens is 2. The fourth-order valence-electron chi connectivity index (χ4n) is 6.24.